The number of hydrogen-bond acceptors (Lipinski definition) is 4. The van der Waals surface area contributed by atoms with E-state index in [1.54, 1.807) is 48.7 Å². The van der Waals surface area contributed by atoms with Crippen LogP contribution in [0, 0.1) is 0 Å². The van der Waals surface area contributed by atoms with Gasteiger partial charge in [0.2, 0.25) is 0 Å². The number of carbonyl (C=O) groups is 2. The number of nitrogens with zero attached hydrogens (tertiary/aromatic N) is 1. The van der Waals surface area contributed by atoms with E-state index in [9.17, 15) is 9.59 Å². The standard InChI is InChI=1S/C19H16BrN3O3/c20-15-6-1-4-13(10-15)18(24)22-16-7-2-5-14(11-16)19(25)23-21-12-17-8-3-9-26-17/h1-7,9-12,17H,8H2,(H,22,24)(H,23,25)/b21-12+. The average molecular weight is 414 g/mol. The summed E-state index contributed by atoms with van der Waals surface area (Å²) in [5, 5.41) is 6.67. The van der Waals surface area contributed by atoms with Crippen molar-refractivity contribution in [2.24, 2.45) is 5.10 Å². The minimum absolute atomic E-state index is 0.147. The van der Waals surface area contributed by atoms with Crippen LogP contribution >= 0.6 is 15.9 Å². The van der Waals surface area contributed by atoms with E-state index < -0.39 is 0 Å². The zero-order valence-electron chi connectivity index (χ0n) is 13.7. The van der Waals surface area contributed by atoms with Gasteiger partial charge >= 0.3 is 0 Å². The smallest absolute Gasteiger partial charge is 0.271 e. The molecule has 2 aromatic rings. The summed E-state index contributed by atoms with van der Waals surface area (Å²) in [7, 11) is 0. The number of halogens is 1. The normalized spacial score (nSPS) is 15.7. The highest BCUT2D eigenvalue weighted by molar-refractivity contribution is 9.10. The van der Waals surface area contributed by atoms with Crippen molar-refractivity contribution < 1.29 is 14.3 Å². The molecule has 1 aliphatic rings. The Labute approximate surface area is 159 Å². The van der Waals surface area contributed by atoms with Crippen LogP contribution in [0.25, 0.3) is 0 Å². The Morgan fingerprint density at radius 1 is 1.12 bits per heavy atom. The molecule has 2 aromatic carbocycles. The van der Waals surface area contributed by atoms with Gasteiger partial charge in [0.25, 0.3) is 11.8 Å². The number of anilines is 1. The van der Waals surface area contributed by atoms with Crippen LogP contribution in [0.3, 0.4) is 0 Å². The van der Waals surface area contributed by atoms with Crippen LogP contribution in [-0.2, 0) is 4.74 Å². The van der Waals surface area contributed by atoms with Gasteiger partial charge in [-0.2, -0.15) is 5.10 Å². The summed E-state index contributed by atoms with van der Waals surface area (Å²) >= 11 is 3.34. The van der Waals surface area contributed by atoms with E-state index in [0.29, 0.717) is 16.8 Å². The number of benzene rings is 2. The molecule has 0 saturated heterocycles. The van der Waals surface area contributed by atoms with Crippen molar-refractivity contribution in [3.63, 3.8) is 0 Å². The first-order valence-electron chi connectivity index (χ1n) is 7.93. The third-order valence-corrected chi connectivity index (χ3v) is 4.09. The molecular formula is C19H16BrN3O3. The lowest BCUT2D eigenvalue weighted by Gasteiger charge is -2.08. The van der Waals surface area contributed by atoms with E-state index in [1.807, 2.05) is 12.1 Å². The summed E-state index contributed by atoms with van der Waals surface area (Å²) in [6, 6.07) is 13.7. The summed E-state index contributed by atoms with van der Waals surface area (Å²) in [5.74, 6) is -0.626. The monoisotopic (exact) mass is 413 g/mol. The van der Waals surface area contributed by atoms with Crippen LogP contribution in [0.1, 0.15) is 27.1 Å². The Kier molecular flexibility index (Phi) is 5.80. The van der Waals surface area contributed by atoms with E-state index in [0.717, 1.165) is 10.9 Å². The van der Waals surface area contributed by atoms with Gasteiger partial charge in [-0.3, -0.25) is 9.59 Å². The van der Waals surface area contributed by atoms with Gasteiger partial charge in [-0.15, -0.1) is 0 Å². The lowest BCUT2D eigenvalue weighted by Crippen LogP contribution is -2.20. The van der Waals surface area contributed by atoms with Crippen molar-refractivity contribution in [1.29, 1.82) is 0 Å². The fraction of sp³-hybridized carbons (Fsp3) is 0.105. The molecular weight excluding hydrogens is 398 g/mol. The van der Waals surface area contributed by atoms with Gasteiger partial charge in [-0.25, -0.2) is 5.43 Å². The zero-order valence-corrected chi connectivity index (χ0v) is 15.3. The Balaban J connectivity index is 1.62. The van der Waals surface area contributed by atoms with Gasteiger partial charge in [0.15, 0.2) is 0 Å². The number of rotatable bonds is 5. The van der Waals surface area contributed by atoms with Gasteiger partial charge < -0.3 is 10.1 Å². The average Bonchev–Trinajstić information content (AvgIpc) is 3.15. The first-order chi connectivity index (χ1) is 12.6. The molecule has 1 heterocycles. The molecule has 132 valence electrons. The van der Waals surface area contributed by atoms with Gasteiger partial charge in [-0.05, 0) is 42.5 Å². The molecule has 7 heteroatoms. The largest absolute Gasteiger partial charge is 0.492 e. The van der Waals surface area contributed by atoms with E-state index in [-0.39, 0.29) is 17.9 Å². The second-order valence-corrected chi connectivity index (χ2v) is 6.46. The molecule has 0 spiro atoms. The molecule has 0 aromatic heterocycles. The number of amides is 2. The van der Waals surface area contributed by atoms with E-state index in [4.69, 9.17) is 4.74 Å². The molecule has 0 bridgehead atoms. The molecule has 3 rings (SSSR count). The second kappa shape index (κ2) is 8.44. The summed E-state index contributed by atoms with van der Waals surface area (Å²) in [6.07, 6.45) is 5.62. The highest BCUT2D eigenvalue weighted by Gasteiger charge is 2.10. The minimum atomic E-state index is -0.370. The first kappa shape index (κ1) is 17.9. The maximum Gasteiger partial charge on any atom is 0.271 e. The van der Waals surface area contributed by atoms with Gasteiger partial charge in [-0.1, -0.05) is 28.1 Å². The molecule has 2 N–H and O–H groups in total. The lowest BCUT2D eigenvalue weighted by atomic mass is 10.1. The minimum Gasteiger partial charge on any atom is -0.492 e. The Morgan fingerprint density at radius 3 is 2.62 bits per heavy atom. The van der Waals surface area contributed by atoms with E-state index in [2.05, 4.69) is 31.8 Å². The van der Waals surface area contributed by atoms with E-state index in [1.165, 1.54) is 6.21 Å². The van der Waals surface area contributed by atoms with Crippen LogP contribution in [0.15, 0.2) is 70.4 Å². The SMILES string of the molecule is O=C(N/N=C/C1CC=CO1)c1cccc(NC(=O)c2cccc(Br)c2)c1. The molecule has 6 nitrogen and oxygen atoms in total. The van der Waals surface area contributed by atoms with Crippen LogP contribution in [0.5, 0.6) is 0 Å². The maximum atomic E-state index is 12.3. The highest BCUT2D eigenvalue weighted by atomic mass is 79.9. The lowest BCUT2D eigenvalue weighted by molar-refractivity contribution is 0.0953. The molecule has 0 saturated carbocycles. The second-order valence-electron chi connectivity index (χ2n) is 5.55. The molecule has 0 aliphatic carbocycles. The van der Waals surface area contributed by atoms with Crippen LogP contribution in [0.4, 0.5) is 5.69 Å². The summed E-state index contributed by atoms with van der Waals surface area (Å²) in [6.45, 7) is 0. The van der Waals surface area contributed by atoms with Crippen molar-refractivity contribution >= 4 is 39.6 Å². The van der Waals surface area contributed by atoms with Crippen molar-refractivity contribution in [3.8, 4) is 0 Å². The number of hydrazone groups is 1. The molecule has 0 fully saturated rings. The first-order valence-corrected chi connectivity index (χ1v) is 8.72. The van der Waals surface area contributed by atoms with Gasteiger partial charge in [0.1, 0.15) is 6.10 Å². The third kappa shape index (κ3) is 4.80. The molecule has 1 unspecified atom stereocenters. The zero-order chi connectivity index (χ0) is 18.4. The summed E-state index contributed by atoms with van der Waals surface area (Å²) in [5.41, 5.74) is 3.88. The summed E-state index contributed by atoms with van der Waals surface area (Å²) < 4.78 is 6.04. The predicted molar refractivity (Wildman–Crippen MR) is 103 cm³/mol. The van der Waals surface area contributed by atoms with Crippen LogP contribution in [0.2, 0.25) is 0 Å². The number of carbonyl (C=O) groups excluding carboxylic acids is 2. The topological polar surface area (TPSA) is 79.8 Å². The van der Waals surface area contributed by atoms with Crippen LogP contribution in [-0.4, -0.2) is 24.1 Å². The molecule has 0 radical (unpaired) electrons. The number of hydrogen-bond donors (Lipinski definition) is 2. The fourth-order valence-corrected chi connectivity index (χ4v) is 2.71. The Morgan fingerprint density at radius 2 is 1.88 bits per heavy atom. The molecule has 2 amide bonds. The Bertz CT molecular complexity index is 872. The predicted octanol–water partition coefficient (Wildman–Crippen LogP) is 3.72. The Hall–Kier alpha value is -2.93. The molecule has 1 atom stereocenters. The fourth-order valence-electron chi connectivity index (χ4n) is 2.31. The van der Waals surface area contributed by atoms with Crippen LogP contribution < -0.4 is 10.7 Å². The third-order valence-electron chi connectivity index (χ3n) is 3.59. The number of nitrogens with one attached hydrogen (secondary N) is 2. The van der Waals surface area contributed by atoms with Crippen molar-refractivity contribution in [2.75, 3.05) is 5.32 Å². The number of ether oxygens (including phenoxy) is 1. The van der Waals surface area contributed by atoms with Crippen molar-refractivity contribution in [3.05, 3.63) is 76.5 Å². The van der Waals surface area contributed by atoms with Gasteiger partial charge in [0.05, 0.1) is 12.5 Å². The van der Waals surface area contributed by atoms with Gasteiger partial charge in [0, 0.05) is 27.7 Å². The van der Waals surface area contributed by atoms with Crippen molar-refractivity contribution in [2.45, 2.75) is 12.5 Å². The summed E-state index contributed by atoms with van der Waals surface area (Å²) in [4.78, 5) is 24.5. The molecule has 26 heavy (non-hydrogen) atoms. The maximum absolute atomic E-state index is 12.3. The quantitative estimate of drug-likeness (QED) is 0.578. The highest BCUT2D eigenvalue weighted by Crippen LogP contribution is 2.15. The van der Waals surface area contributed by atoms with Crippen molar-refractivity contribution in [1.82, 2.24) is 5.43 Å². The molecule has 1 aliphatic heterocycles. The van der Waals surface area contributed by atoms with E-state index >= 15 is 0 Å².